The van der Waals surface area contributed by atoms with Gasteiger partial charge < -0.3 is 0 Å². The molecular weight excluding hydrogens is 344 g/mol. The van der Waals surface area contributed by atoms with Crippen molar-refractivity contribution in [1.29, 1.82) is 0 Å². The molecule has 0 amide bonds. The zero-order valence-corrected chi connectivity index (χ0v) is 15.1. The molecule has 0 radical (unpaired) electrons. The normalized spacial score (nSPS) is 11.6. The molecule has 0 spiro atoms. The van der Waals surface area contributed by atoms with Gasteiger partial charge in [0.15, 0.2) is 0 Å². The van der Waals surface area contributed by atoms with E-state index < -0.39 is 0 Å². The van der Waals surface area contributed by atoms with Gasteiger partial charge in [-0.15, -0.1) is 11.8 Å². The van der Waals surface area contributed by atoms with Crippen molar-refractivity contribution in [3.05, 3.63) is 90.0 Å². The van der Waals surface area contributed by atoms with Crippen LogP contribution in [0.15, 0.2) is 88.9 Å². The molecule has 25 heavy (non-hydrogen) atoms. The molecule has 2 nitrogen and oxygen atoms in total. The van der Waals surface area contributed by atoms with Crippen molar-refractivity contribution in [1.82, 2.24) is 5.43 Å². The van der Waals surface area contributed by atoms with Crippen LogP contribution in [0.25, 0.3) is 11.1 Å². The number of hydrogen-bond acceptors (Lipinski definition) is 3. The number of nitrogens with zero attached hydrogens (tertiary/aromatic N) is 1. The van der Waals surface area contributed by atoms with Gasteiger partial charge in [0.2, 0.25) is 0 Å². The third-order valence-electron chi connectivity index (χ3n) is 4.06. The summed E-state index contributed by atoms with van der Waals surface area (Å²) >= 11 is 7.16. The molecule has 122 valence electrons. The lowest BCUT2D eigenvalue weighted by Crippen LogP contribution is -2.19. The summed E-state index contributed by atoms with van der Waals surface area (Å²) in [6.07, 6.45) is 0. The Hall–Kier alpha value is -2.43. The Kier molecular flexibility index (Phi) is 4.63. The molecule has 3 aromatic rings. The minimum Gasteiger partial charge on any atom is -0.270 e. The van der Waals surface area contributed by atoms with Crippen molar-refractivity contribution in [3.63, 3.8) is 0 Å². The monoisotopic (exact) mass is 360 g/mol. The third kappa shape index (κ3) is 3.36. The van der Waals surface area contributed by atoms with E-state index in [0.29, 0.717) is 5.75 Å². The number of rotatable bonds is 4. The summed E-state index contributed by atoms with van der Waals surface area (Å²) < 4.78 is 0. The summed E-state index contributed by atoms with van der Waals surface area (Å²) in [5.41, 5.74) is 8.78. The number of benzene rings is 3. The maximum atomic E-state index is 5.45. The number of thiocarbonyl (C=S) groups is 1. The first-order chi connectivity index (χ1) is 12.3. The largest absolute Gasteiger partial charge is 0.270 e. The van der Waals surface area contributed by atoms with Gasteiger partial charge in [-0.1, -0.05) is 78.9 Å². The van der Waals surface area contributed by atoms with Gasteiger partial charge in [0, 0.05) is 16.0 Å². The molecule has 0 aliphatic heterocycles. The Morgan fingerprint density at radius 1 is 0.760 bits per heavy atom. The number of hydrazone groups is 1. The summed E-state index contributed by atoms with van der Waals surface area (Å²) in [6.45, 7) is 0. The molecule has 0 bridgehead atoms. The van der Waals surface area contributed by atoms with E-state index in [2.05, 4.69) is 59.1 Å². The second-order valence-electron chi connectivity index (χ2n) is 5.69. The van der Waals surface area contributed by atoms with Crippen LogP contribution in [-0.4, -0.2) is 16.5 Å². The number of thioether (sulfide) groups is 1. The summed E-state index contributed by atoms with van der Waals surface area (Å²) in [7, 11) is 0. The van der Waals surface area contributed by atoms with Gasteiger partial charge in [-0.3, -0.25) is 5.43 Å². The number of nitrogens with one attached hydrogen (secondary N) is 1. The van der Waals surface area contributed by atoms with Gasteiger partial charge in [0.25, 0.3) is 0 Å². The predicted octanol–water partition coefficient (Wildman–Crippen LogP) is 5.13. The Labute approximate surface area is 157 Å². The van der Waals surface area contributed by atoms with Gasteiger partial charge >= 0.3 is 0 Å². The summed E-state index contributed by atoms with van der Waals surface area (Å²) in [5.74, 6) is 0.708. The fraction of sp³-hybridized carbons (Fsp3) is 0.0476. The van der Waals surface area contributed by atoms with Crippen molar-refractivity contribution in [3.8, 4) is 11.1 Å². The average molecular weight is 361 g/mol. The molecule has 4 heteroatoms. The lowest BCUT2D eigenvalue weighted by atomic mass is 10.1. The van der Waals surface area contributed by atoms with E-state index in [9.17, 15) is 0 Å². The molecule has 3 aromatic carbocycles. The second-order valence-corrected chi connectivity index (χ2v) is 7.23. The van der Waals surface area contributed by atoms with E-state index in [1.165, 1.54) is 16.0 Å². The van der Waals surface area contributed by atoms with E-state index in [-0.39, 0.29) is 0 Å². The highest BCUT2D eigenvalue weighted by atomic mass is 32.2. The van der Waals surface area contributed by atoms with Gasteiger partial charge in [0.05, 0.1) is 11.5 Å². The lowest BCUT2D eigenvalue weighted by Gasteiger charge is -2.06. The van der Waals surface area contributed by atoms with E-state index in [1.54, 1.807) is 11.8 Å². The van der Waals surface area contributed by atoms with Crippen LogP contribution in [0.1, 0.15) is 11.1 Å². The first kappa shape index (κ1) is 16.1. The molecule has 1 N–H and O–H groups in total. The standard InChI is InChI=1S/C21H16N2S2/c24-20(14-25-15-8-2-1-3-9-15)22-23-21-18-12-6-4-10-16(18)17-11-5-7-13-19(17)21/h1-13H,14H2,(H,22,24). The second kappa shape index (κ2) is 7.21. The van der Waals surface area contributed by atoms with Gasteiger partial charge in [-0.05, 0) is 23.3 Å². The molecule has 0 unspecified atom stereocenters. The quantitative estimate of drug-likeness (QED) is 0.310. The Morgan fingerprint density at radius 3 is 1.88 bits per heavy atom. The average Bonchev–Trinajstić information content (AvgIpc) is 2.99. The van der Waals surface area contributed by atoms with Gasteiger partial charge in [-0.25, -0.2) is 0 Å². The van der Waals surface area contributed by atoms with E-state index in [0.717, 1.165) is 21.8 Å². The van der Waals surface area contributed by atoms with Crippen LogP contribution in [0.5, 0.6) is 0 Å². The number of hydrogen-bond donors (Lipinski definition) is 1. The highest BCUT2D eigenvalue weighted by molar-refractivity contribution is 8.01. The van der Waals surface area contributed by atoms with Crippen LogP contribution in [0, 0.1) is 0 Å². The fourth-order valence-corrected chi connectivity index (χ4v) is 3.86. The van der Waals surface area contributed by atoms with Gasteiger partial charge in [0.1, 0.15) is 4.99 Å². The van der Waals surface area contributed by atoms with Crippen molar-refractivity contribution in [2.45, 2.75) is 4.90 Å². The molecule has 0 heterocycles. The van der Waals surface area contributed by atoms with Crippen LogP contribution in [0.2, 0.25) is 0 Å². The molecule has 1 aliphatic carbocycles. The van der Waals surface area contributed by atoms with Crippen LogP contribution in [0.3, 0.4) is 0 Å². The zero-order valence-electron chi connectivity index (χ0n) is 13.5. The van der Waals surface area contributed by atoms with Crippen molar-refractivity contribution in [2.75, 3.05) is 5.75 Å². The Balaban J connectivity index is 1.52. The molecule has 4 rings (SSSR count). The molecule has 0 fully saturated rings. The minimum atomic E-state index is 0.708. The van der Waals surface area contributed by atoms with Crippen LogP contribution < -0.4 is 5.43 Å². The number of fused-ring (bicyclic) bond motifs is 3. The van der Waals surface area contributed by atoms with Crippen LogP contribution >= 0.6 is 24.0 Å². The van der Waals surface area contributed by atoms with Gasteiger partial charge in [-0.2, -0.15) is 5.10 Å². The van der Waals surface area contributed by atoms with E-state index >= 15 is 0 Å². The highest BCUT2D eigenvalue weighted by Crippen LogP contribution is 2.36. The topological polar surface area (TPSA) is 24.4 Å². The predicted molar refractivity (Wildman–Crippen MR) is 110 cm³/mol. The molecule has 1 aliphatic rings. The third-order valence-corrected chi connectivity index (χ3v) is 5.52. The Morgan fingerprint density at radius 2 is 1.28 bits per heavy atom. The van der Waals surface area contributed by atoms with E-state index in [1.807, 2.05) is 30.3 Å². The summed E-state index contributed by atoms with van der Waals surface area (Å²) in [6, 6.07) is 27.0. The fourth-order valence-electron chi connectivity index (χ4n) is 2.93. The Bertz CT molecular complexity index is 901. The van der Waals surface area contributed by atoms with Crippen LogP contribution in [-0.2, 0) is 0 Å². The maximum absolute atomic E-state index is 5.45. The SMILES string of the molecule is S=C(CSc1ccccc1)NN=C1c2ccccc2-c2ccccc21. The maximum Gasteiger partial charge on any atom is 0.106 e. The molecule has 0 saturated heterocycles. The first-order valence-electron chi connectivity index (χ1n) is 8.06. The van der Waals surface area contributed by atoms with E-state index in [4.69, 9.17) is 12.2 Å². The zero-order chi connectivity index (χ0) is 17.1. The van der Waals surface area contributed by atoms with Crippen molar-refractivity contribution >= 4 is 34.7 Å². The lowest BCUT2D eigenvalue weighted by molar-refractivity contribution is 1.04. The summed E-state index contributed by atoms with van der Waals surface area (Å²) in [5, 5.41) is 4.63. The minimum absolute atomic E-state index is 0.708. The smallest absolute Gasteiger partial charge is 0.106 e. The highest BCUT2D eigenvalue weighted by Gasteiger charge is 2.23. The molecule has 0 saturated carbocycles. The van der Waals surface area contributed by atoms with Crippen molar-refractivity contribution < 1.29 is 0 Å². The molecule has 0 atom stereocenters. The summed E-state index contributed by atoms with van der Waals surface area (Å²) in [4.78, 5) is 1.93. The first-order valence-corrected chi connectivity index (χ1v) is 9.46. The molecule has 0 aromatic heterocycles. The van der Waals surface area contributed by atoms with Crippen LogP contribution in [0.4, 0.5) is 0 Å². The van der Waals surface area contributed by atoms with Crippen molar-refractivity contribution in [2.24, 2.45) is 5.10 Å². The molecular formula is C21H16N2S2.